The molecule has 160 valence electrons. The average molecular weight is 391 g/mol. The van der Waals surface area contributed by atoms with Gasteiger partial charge in [0, 0.05) is 37.9 Å². The Hall–Kier alpha value is -1.56. The molecular formula is C22H42N6. The molecule has 1 aromatic heterocycles. The van der Waals surface area contributed by atoms with Gasteiger partial charge in [-0.25, -0.2) is 0 Å². The largest absolute Gasteiger partial charge is 0.357 e. The molecule has 1 aromatic rings. The molecule has 1 aliphatic rings. The molecule has 1 fully saturated rings. The Labute approximate surface area is 172 Å². The first kappa shape index (κ1) is 22.7. The molecule has 0 aromatic carbocycles. The zero-order valence-corrected chi connectivity index (χ0v) is 19.0. The Morgan fingerprint density at radius 3 is 2.61 bits per heavy atom. The van der Waals surface area contributed by atoms with Gasteiger partial charge >= 0.3 is 0 Å². The number of hydrogen-bond donors (Lipinski definition) is 2. The number of nitrogens with zero attached hydrogens (tertiary/aromatic N) is 4. The van der Waals surface area contributed by atoms with Gasteiger partial charge in [0.05, 0.1) is 5.69 Å². The molecule has 2 rings (SSSR count). The molecule has 1 saturated carbocycles. The quantitative estimate of drug-likeness (QED) is 0.386. The van der Waals surface area contributed by atoms with E-state index < -0.39 is 0 Å². The van der Waals surface area contributed by atoms with Crippen molar-refractivity contribution < 1.29 is 0 Å². The third kappa shape index (κ3) is 6.80. The van der Waals surface area contributed by atoms with Gasteiger partial charge in [-0.3, -0.25) is 9.67 Å². The van der Waals surface area contributed by atoms with E-state index >= 15 is 0 Å². The molecule has 0 saturated heterocycles. The topological polar surface area (TPSA) is 57.5 Å². The first-order valence-corrected chi connectivity index (χ1v) is 11.2. The van der Waals surface area contributed by atoms with E-state index in [2.05, 4.69) is 55.4 Å². The first-order valence-electron chi connectivity index (χ1n) is 11.2. The van der Waals surface area contributed by atoms with Crippen LogP contribution in [0.25, 0.3) is 0 Å². The van der Waals surface area contributed by atoms with Crippen molar-refractivity contribution in [3.05, 3.63) is 17.0 Å². The Bertz CT molecular complexity index is 615. The van der Waals surface area contributed by atoms with E-state index in [0.29, 0.717) is 6.04 Å². The van der Waals surface area contributed by atoms with Gasteiger partial charge < -0.3 is 15.5 Å². The highest BCUT2D eigenvalue weighted by atomic mass is 15.3. The van der Waals surface area contributed by atoms with E-state index in [0.717, 1.165) is 50.2 Å². The summed E-state index contributed by atoms with van der Waals surface area (Å²) < 4.78 is 1.97. The monoisotopic (exact) mass is 390 g/mol. The summed E-state index contributed by atoms with van der Waals surface area (Å²) in [6, 6.07) is 1.10. The van der Waals surface area contributed by atoms with E-state index in [9.17, 15) is 0 Å². The summed E-state index contributed by atoms with van der Waals surface area (Å²) in [6.07, 6.45) is 9.02. The van der Waals surface area contributed by atoms with Crippen molar-refractivity contribution in [1.82, 2.24) is 25.3 Å². The van der Waals surface area contributed by atoms with Crippen LogP contribution >= 0.6 is 0 Å². The Morgan fingerprint density at radius 2 is 2.00 bits per heavy atom. The van der Waals surface area contributed by atoms with Crippen LogP contribution in [-0.2, 0) is 13.5 Å². The Kier molecular flexibility index (Phi) is 9.29. The fourth-order valence-electron chi connectivity index (χ4n) is 4.24. The van der Waals surface area contributed by atoms with Crippen molar-refractivity contribution in [1.29, 1.82) is 0 Å². The van der Waals surface area contributed by atoms with Crippen LogP contribution < -0.4 is 10.6 Å². The maximum Gasteiger partial charge on any atom is 0.191 e. The van der Waals surface area contributed by atoms with Crippen LogP contribution in [0.1, 0.15) is 69.3 Å². The summed E-state index contributed by atoms with van der Waals surface area (Å²) in [7, 11) is 4.30. The van der Waals surface area contributed by atoms with Gasteiger partial charge in [-0.05, 0) is 72.5 Å². The van der Waals surface area contributed by atoms with Crippen molar-refractivity contribution in [3.8, 4) is 0 Å². The van der Waals surface area contributed by atoms with Gasteiger partial charge in [0.25, 0.3) is 0 Å². The van der Waals surface area contributed by atoms with Gasteiger partial charge in [0.1, 0.15) is 0 Å². The van der Waals surface area contributed by atoms with Gasteiger partial charge in [-0.2, -0.15) is 5.10 Å². The first-order chi connectivity index (χ1) is 13.4. The van der Waals surface area contributed by atoms with Crippen LogP contribution in [0.3, 0.4) is 0 Å². The second-order valence-corrected chi connectivity index (χ2v) is 8.41. The number of hydrogen-bond acceptors (Lipinski definition) is 3. The van der Waals surface area contributed by atoms with Crippen molar-refractivity contribution in [3.63, 3.8) is 0 Å². The SMILES string of the molecule is CCNC(=NCCCN(C)C1CCCCC1)NC(C)Cc1c(C)nn(C)c1C. The smallest absolute Gasteiger partial charge is 0.191 e. The minimum absolute atomic E-state index is 0.310. The lowest BCUT2D eigenvalue weighted by Gasteiger charge is -2.31. The van der Waals surface area contributed by atoms with Crippen molar-refractivity contribution in [2.75, 3.05) is 26.7 Å². The van der Waals surface area contributed by atoms with E-state index in [1.165, 1.54) is 43.4 Å². The van der Waals surface area contributed by atoms with E-state index in [1.807, 2.05) is 11.7 Å². The standard InChI is InChI=1S/C22H42N6/c1-7-23-22(24-14-11-15-27(5)20-12-9-8-10-13-20)25-17(2)16-21-18(3)26-28(6)19(21)4/h17,20H,7-16H2,1-6H3,(H2,23,24,25). The highest BCUT2D eigenvalue weighted by Crippen LogP contribution is 2.21. The lowest BCUT2D eigenvalue weighted by atomic mass is 9.94. The minimum Gasteiger partial charge on any atom is -0.357 e. The lowest BCUT2D eigenvalue weighted by Crippen LogP contribution is -2.43. The molecule has 28 heavy (non-hydrogen) atoms. The minimum atomic E-state index is 0.310. The molecule has 0 bridgehead atoms. The molecule has 1 aliphatic carbocycles. The summed E-state index contributed by atoms with van der Waals surface area (Å²) in [6.45, 7) is 11.5. The number of aryl methyl sites for hydroxylation is 2. The summed E-state index contributed by atoms with van der Waals surface area (Å²) in [5, 5.41) is 11.5. The van der Waals surface area contributed by atoms with Gasteiger partial charge in [-0.1, -0.05) is 19.3 Å². The number of guanidine groups is 1. The summed E-state index contributed by atoms with van der Waals surface area (Å²) in [5.41, 5.74) is 3.72. The van der Waals surface area contributed by atoms with E-state index in [-0.39, 0.29) is 0 Å². The average Bonchev–Trinajstić information content (AvgIpc) is 2.91. The van der Waals surface area contributed by atoms with Crippen molar-refractivity contribution in [2.45, 2.75) is 84.7 Å². The zero-order valence-electron chi connectivity index (χ0n) is 19.0. The van der Waals surface area contributed by atoms with Crippen LogP contribution in [-0.4, -0.2) is 59.4 Å². The highest BCUT2D eigenvalue weighted by molar-refractivity contribution is 5.80. The molecule has 0 spiro atoms. The normalized spacial score (nSPS) is 17.2. The van der Waals surface area contributed by atoms with E-state index in [4.69, 9.17) is 4.99 Å². The fraction of sp³-hybridized carbons (Fsp3) is 0.818. The van der Waals surface area contributed by atoms with Crippen molar-refractivity contribution >= 4 is 5.96 Å². The lowest BCUT2D eigenvalue weighted by molar-refractivity contribution is 0.191. The summed E-state index contributed by atoms with van der Waals surface area (Å²) >= 11 is 0. The Balaban J connectivity index is 1.80. The third-order valence-electron chi connectivity index (χ3n) is 6.03. The second-order valence-electron chi connectivity index (χ2n) is 8.41. The number of nitrogens with one attached hydrogen (secondary N) is 2. The molecule has 0 radical (unpaired) electrons. The van der Waals surface area contributed by atoms with Crippen LogP contribution in [0, 0.1) is 13.8 Å². The molecule has 6 heteroatoms. The molecule has 0 aliphatic heterocycles. The predicted octanol–water partition coefficient (Wildman–Crippen LogP) is 3.18. The molecule has 1 atom stereocenters. The molecule has 1 heterocycles. The highest BCUT2D eigenvalue weighted by Gasteiger charge is 2.17. The predicted molar refractivity (Wildman–Crippen MR) is 119 cm³/mol. The van der Waals surface area contributed by atoms with Crippen LogP contribution in [0.5, 0.6) is 0 Å². The number of aromatic nitrogens is 2. The van der Waals surface area contributed by atoms with Crippen LogP contribution in [0.4, 0.5) is 0 Å². The van der Waals surface area contributed by atoms with Gasteiger partial charge in [-0.15, -0.1) is 0 Å². The molecule has 0 amide bonds. The molecule has 1 unspecified atom stereocenters. The van der Waals surface area contributed by atoms with Crippen LogP contribution in [0.15, 0.2) is 4.99 Å². The van der Waals surface area contributed by atoms with Gasteiger partial charge in [0.15, 0.2) is 5.96 Å². The maximum absolute atomic E-state index is 4.81. The van der Waals surface area contributed by atoms with E-state index in [1.54, 1.807) is 0 Å². The molecule has 2 N–H and O–H groups in total. The Morgan fingerprint density at radius 1 is 1.29 bits per heavy atom. The third-order valence-corrected chi connectivity index (χ3v) is 6.03. The summed E-state index contributed by atoms with van der Waals surface area (Å²) in [4.78, 5) is 7.36. The molecule has 6 nitrogen and oxygen atoms in total. The van der Waals surface area contributed by atoms with Crippen molar-refractivity contribution in [2.24, 2.45) is 12.0 Å². The summed E-state index contributed by atoms with van der Waals surface area (Å²) in [5.74, 6) is 0.925. The number of rotatable bonds is 9. The maximum atomic E-state index is 4.81. The zero-order chi connectivity index (χ0) is 20.5. The second kappa shape index (κ2) is 11.4. The fourth-order valence-corrected chi connectivity index (χ4v) is 4.24. The number of aliphatic imine (C=N–C) groups is 1. The molecular weight excluding hydrogens is 348 g/mol. The van der Waals surface area contributed by atoms with Crippen LogP contribution in [0.2, 0.25) is 0 Å². The van der Waals surface area contributed by atoms with Gasteiger partial charge in [0.2, 0.25) is 0 Å².